The number of halogens is 1. The Morgan fingerprint density at radius 1 is 0.977 bits per heavy atom. The van der Waals surface area contributed by atoms with Gasteiger partial charge in [0.2, 0.25) is 0 Å². The summed E-state index contributed by atoms with van der Waals surface area (Å²) in [6.45, 7) is 5.60. The molecule has 3 aromatic carbocycles. The number of nitrogens with zero attached hydrogens (tertiary/aromatic N) is 1. The van der Waals surface area contributed by atoms with Crippen LogP contribution < -0.4 is 0 Å². The van der Waals surface area contributed by atoms with Crippen LogP contribution in [0.25, 0.3) is 28.1 Å². The molecule has 3 atom stereocenters. The van der Waals surface area contributed by atoms with Gasteiger partial charge in [-0.2, -0.15) is 0 Å². The van der Waals surface area contributed by atoms with Crippen LogP contribution in [0.15, 0.2) is 84.9 Å². The lowest BCUT2D eigenvalue weighted by molar-refractivity contribution is -0.233. The van der Waals surface area contributed by atoms with E-state index in [-0.39, 0.29) is 30.4 Å². The molecule has 0 N–H and O–H groups in total. The maximum absolute atomic E-state index is 13.9. The Bertz CT molecular complexity index is 1610. The van der Waals surface area contributed by atoms with Crippen molar-refractivity contribution >= 4 is 22.9 Å². The molecule has 1 saturated heterocycles. The van der Waals surface area contributed by atoms with Crippen LogP contribution >= 0.6 is 0 Å². The second-order valence-electron chi connectivity index (χ2n) is 12.5. The average molecular weight is 580 g/mol. The summed E-state index contributed by atoms with van der Waals surface area (Å²) in [5.74, 6) is -0.156. The van der Waals surface area contributed by atoms with E-state index in [9.17, 15) is 9.18 Å². The Kier molecular flexibility index (Phi) is 8.42. The molecule has 1 saturated carbocycles. The van der Waals surface area contributed by atoms with Gasteiger partial charge in [-0.05, 0) is 62.9 Å². The Morgan fingerprint density at radius 3 is 2.42 bits per heavy atom. The number of aromatic nitrogens is 1. The number of para-hydroxylation sites is 1. The van der Waals surface area contributed by atoms with Gasteiger partial charge in [0, 0.05) is 35.3 Å². The largest absolute Gasteiger partial charge is 0.460 e. The zero-order chi connectivity index (χ0) is 30.0. The quantitative estimate of drug-likeness (QED) is 0.196. The van der Waals surface area contributed by atoms with Gasteiger partial charge in [-0.25, -0.2) is 4.39 Å². The van der Waals surface area contributed by atoms with Crippen molar-refractivity contribution < 1.29 is 23.4 Å². The fourth-order valence-corrected chi connectivity index (χ4v) is 5.75. The maximum Gasteiger partial charge on any atom is 0.308 e. The summed E-state index contributed by atoms with van der Waals surface area (Å²) in [7, 11) is 0. The molecular weight excluding hydrogens is 541 g/mol. The molecule has 1 aliphatic heterocycles. The second-order valence-corrected chi connectivity index (χ2v) is 12.5. The van der Waals surface area contributed by atoms with Crippen LogP contribution in [-0.2, 0) is 25.4 Å². The number of ether oxygens (including phenoxy) is 3. The zero-order valence-electron chi connectivity index (χ0n) is 25.0. The van der Waals surface area contributed by atoms with Gasteiger partial charge in [-0.15, -0.1) is 0 Å². The highest BCUT2D eigenvalue weighted by molar-refractivity contribution is 5.99. The molecule has 1 unspecified atom stereocenters. The van der Waals surface area contributed by atoms with Crippen LogP contribution in [-0.4, -0.2) is 35.1 Å². The lowest BCUT2D eigenvalue weighted by Gasteiger charge is -2.35. The van der Waals surface area contributed by atoms with E-state index in [1.165, 1.54) is 12.1 Å². The molecule has 6 heteroatoms. The minimum Gasteiger partial charge on any atom is -0.460 e. The SMILES string of the molecule is CC(C)(C)OC(=O)C[C@H]1C[C@@H](/C=C/c2c(C3CC3)nc3ccccc3c2-c2ccc(F)cc2)OC(Cc2ccccc2)O1. The predicted octanol–water partition coefficient (Wildman–Crippen LogP) is 8.41. The zero-order valence-corrected chi connectivity index (χ0v) is 25.0. The van der Waals surface area contributed by atoms with Gasteiger partial charge in [-0.3, -0.25) is 9.78 Å². The molecular formula is C37H38FNO4. The Balaban J connectivity index is 1.35. The number of fused-ring (bicyclic) bond motifs is 1. The molecule has 0 bridgehead atoms. The minimum absolute atomic E-state index is 0.155. The van der Waals surface area contributed by atoms with Gasteiger partial charge in [0.1, 0.15) is 11.4 Å². The first-order chi connectivity index (χ1) is 20.7. The summed E-state index contributed by atoms with van der Waals surface area (Å²) in [5.41, 5.74) is 5.55. The monoisotopic (exact) mass is 579 g/mol. The van der Waals surface area contributed by atoms with E-state index in [1.807, 2.05) is 81.4 Å². The number of esters is 1. The van der Waals surface area contributed by atoms with Crippen molar-refractivity contribution in [2.24, 2.45) is 0 Å². The van der Waals surface area contributed by atoms with Crippen LogP contribution in [0, 0.1) is 5.82 Å². The topological polar surface area (TPSA) is 57.7 Å². The van der Waals surface area contributed by atoms with E-state index in [0.717, 1.165) is 51.7 Å². The number of benzene rings is 3. The molecule has 0 radical (unpaired) electrons. The summed E-state index contributed by atoms with van der Waals surface area (Å²) in [5, 5.41) is 1.02. The molecule has 0 amide bonds. The number of carbonyl (C=O) groups excluding carboxylic acids is 1. The standard InChI is InChI=1S/C37H38FNO4/c1-37(2,3)43-33(40)23-29-22-28(41-34(42-29)21-24-9-5-4-6-10-24)19-20-31-35(25-15-17-27(38)18-16-25)30-11-7-8-12-32(30)39-36(31)26-13-14-26/h4-12,15-20,26,28-29,34H,13-14,21-23H2,1-3H3/b20-19+/t28-,29-,34?/m1/s1. The lowest BCUT2D eigenvalue weighted by atomic mass is 9.92. The van der Waals surface area contributed by atoms with Gasteiger partial charge < -0.3 is 14.2 Å². The van der Waals surface area contributed by atoms with Crippen molar-refractivity contribution in [3.63, 3.8) is 0 Å². The number of hydrogen-bond acceptors (Lipinski definition) is 5. The molecule has 1 aromatic heterocycles. The average Bonchev–Trinajstić information content (AvgIpc) is 3.81. The van der Waals surface area contributed by atoms with Crippen LogP contribution in [0.3, 0.4) is 0 Å². The number of hydrogen-bond donors (Lipinski definition) is 0. The molecule has 1 aliphatic carbocycles. The van der Waals surface area contributed by atoms with E-state index in [4.69, 9.17) is 19.2 Å². The molecule has 6 rings (SSSR count). The van der Waals surface area contributed by atoms with E-state index < -0.39 is 11.9 Å². The predicted molar refractivity (Wildman–Crippen MR) is 167 cm³/mol. The molecule has 2 heterocycles. The summed E-state index contributed by atoms with van der Waals surface area (Å²) < 4.78 is 32.3. The van der Waals surface area contributed by atoms with E-state index in [1.54, 1.807) is 0 Å². The first kappa shape index (κ1) is 29.2. The highest BCUT2D eigenvalue weighted by Gasteiger charge is 2.33. The van der Waals surface area contributed by atoms with Gasteiger partial charge >= 0.3 is 5.97 Å². The Hall–Kier alpha value is -3.87. The molecule has 4 aromatic rings. The van der Waals surface area contributed by atoms with Crippen LogP contribution in [0.1, 0.15) is 69.2 Å². The third-order valence-electron chi connectivity index (χ3n) is 7.76. The number of pyridine rings is 1. The molecule has 222 valence electrons. The van der Waals surface area contributed by atoms with Crippen molar-refractivity contribution in [2.75, 3.05) is 0 Å². The summed E-state index contributed by atoms with van der Waals surface area (Å²) in [6, 6.07) is 24.9. The summed E-state index contributed by atoms with van der Waals surface area (Å²) in [6.07, 6.45) is 6.50. The summed E-state index contributed by atoms with van der Waals surface area (Å²) >= 11 is 0. The van der Waals surface area contributed by atoms with Crippen LogP contribution in [0.4, 0.5) is 4.39 Å². The normalized spacial score (nSPS) is 20.9. The fourth-order valence-electron chi connectivity index (χ4n) is 5.75. The van der Waals surface area contributed by atoms with Crippen LogP contribution in [0.2, 0.25) is 0 Å². The molecule has 0 spiro atoms. The third-order valence-corrected chi connectivity index (χ3v) is 7.76. The minimum atomic E-state index is -0.565. The van der Waals surface area contributed by atoms with Gasteiger partial charge in [0.15, 0.2) is 6.29 Å². The van der Waals surface area contributed by atoms with Crippen molar-refractivity contribution in [1.29, 1.82) is 0 Å². The molecule has 2 aliphatic rings. The third kappa shape index (κ3) is 7.38. The fraction of sp³-hybridized carbons (Fsp3) is 0.351. The number of carbonyl (C=O) groups is 1. The smallest absolute Gasteiger partial charge is 0.308 e. The maximum atomic E-state index is 13.9. The van der Waals surface area contributed by atoms with Gasteiger partial charge in [0.25, 0.3) is 0 Å². The number of rotatable bonds is 8. The van der Waals surface area contributed by atoms with Crippen molar-refractivity contribution in [2.45, 2.75) is 82.9 Å². The Morgan fingerprint density at radius 2 is 1.70 bits per heavy atom. The van der Waals surface area contributed by atoms with E-state index in [2.05, 4.69) is 18.2 Å². The Labute approximate surface area is 252 Å². The van der Waals surface area contributed by atoms with Gasteiger partial charge in [-0.1, -0.05) is 72.8 Å². The molecule has 43 heavy (non-hydrogen) atoms. The van der Waals surface area contributed by atoms with Crippen molar-refractivity contribution in [3.05, 3.63) is 108 Å². The first-order valence-electron chi connectivity index (χ1n) is 15.2. The summed E-state index contributed by atoms with van der Waals surface area (Å²) in [4.78, 5) is 17.9. The molecule has 2 fully saturated rings. The van der Waals surface area contributed by atoms with Gasteiger partial charge in [0.05, 0.1) is 29.8 Å². The first-order valence-corrected chi connectivity index (χ1v) is 15.2. The lowest BCUT2D eigenvalue weighted by Crippen LogP contribution is -2.40. The van der Waals surface area contributed by atoms with E-state index >= 15 is 0 Å². The van der Waals surface area contributed by atoms with Crippen LogP contribution in [0.5, 0.6) is 0 Å². The highest BCUT2D eigenvalue weighted by Crippen LogP contribution is 2.45. The second kappa shape index (κ2) is 12.4. The van der Waals surface area contributed by atoms with E-state index in [0.29, 0.717) is 18.8 Å². The van der Waals surface area contributed by atoms with Crippen molar-refractivity contribution in [3.8, 4) is 11.1 Å². The highest BCUT2D eigenvalue weighted by atomic mass is 19.1. The van der Waals surface area contributed by atoms with Crippen molar-refractivity contribution in [1.82, 2.24) is 4.98 Å². The molecule has 5 nitrogen and oxygen atoms in total.